The number of aromatic amines is 1. The number of hydrogen-bond acceptors (Lipinski definition) is 7. The number of H-pyrrole nitrogens is 1. The summed E-state index contributed by atoms with van der Waals surface area (Å²) in [6, 6.07) is 10.1. The van der Waals surface area contributed by atoms with Crippen LogP contribution in [0, 0.1) is 0 Å². The highest BCUT2D eigenvalue weighted by atomic mass is 16.3. The minimum Gasteiger partial charge on any atom is -0.390 e. The molecule has 2 atom stereocenters. The molecule has 176 valence electrons. The third-order valence-electron chi connectivity index (χ3n) is 7.59. The van der Waals surface area contributed by atoms with Gasteiger partial charge >= 0.3 is 0 Å². The summed E-state index contributed by atoms with van der Waals surface area (Å²) >= 11 is 0. The van der Waals surface area contributed by atoms with Crippen molar-refractivity contribution < 1.29 is 5.11 Å². The molecule has 0 bridgehead atoms. The Bertz CT molecular complexity index is 1560. The number of fused-ring (bicyclic) bond motifs is 4. The number of pyridine rings is 2. The molecule has 1 aliphatic carbocycles. The maximum Gasteiger partial charge on any atom is 0.163 e. The Balaban J connectivity index is 1.45. The fourth-order valence-corrected chi connectivity index (χ4v) is 5.50. The van der Waals surface area contributed by atoms with Crippen molar-refractivity contribution in [2.75, 3.05) is 18.4 Å². The minimum absolute atomic E-state index is 0.0739. The summed E-state index contributed by atoms with van der Waals surface area (Å²) in [7, 11) is 0. The molecule has 1 aromatic carbocycles. The molecule has 4 N–H and O–H groups in total. The monoisotopic (exact) mass is 465 g/mol. The third kappa shape index (κ3) is 3.44. The average molecular weight is 466 g/mol. The topological polar surface area (TPSA) is 112 Å². The number of anilines is 1. The lowest BCUT2D eigenvalue weighted by molar-refractivity contribution is 0.128. The normalized spacial score (nSPS) is 20.9. The number of hydrogen-bond donors (Lipinski definition) is 4. The number of rotatable bonds is 4. The summed E-state index contributed by atoms with van der Waals surface area (Å²) in [5.41, 5.74) is 4.82. The second kappa shape index (κ2) is 8.25. The first-order chi connectivity index (χ1) is 17.3. The van der Waals surface area contributed by atoms with E-state index in [2.05, 4.69) is 37.7 Å². The number of para-hydroxylation sites is 1. The molecule has 2 fully saturated rings. The molecule has 5 aromatic rings. The van der Waals surface area contributed by atoms with Gasteiger partial charge in [0.05, 0.1) is 23.9 Å². The Morgan fingerprint density at radius 1 is 1.00 bits per heavy atom. The Labute approximate surface area is 202 Å². The van der Waals surface area contributed by atoms with E-state index in [0.717, 1.165) is 70.0 Å². The van der Waals surface area contributed by atoms with Crippen LogP contribution in [0.15, 0.2) is 48.9 Å². The quantitative estimate of drug-likeness (QED) is 0.316. The molecular formula is C27H27N7O. The highest BCUT2D eigenvalue weighted by Gasteiger charge is 2.28. The number of nitrogens with one attached hydrogen (secondary N) is 3. The number of aromatic nitrogens is 5. The summed E-state index contributed by atoms with van der Waals surface area (Å²) in [6.45, 7) is 1.44. The van der Waals surface area contributed by atoms with Gasteiger partial charge in [-0.3, -0.25) is 4.98 Å². The molecule has 0 spiro atoms. The van der Waals surface area contributed by atoms with Crippen LogP contribution in [0.4, 0.5) is 5.82 Å². The smallest absolute Gasteiger partial charge is 0.163 e. The van der Waals surface area contributed by atoms with E-state index in [-0.39, 0.29) is 6.04 Å². The average Bonchev–Trinajstić information content (AvgIpc) is 3.23. The standard InChI is InChI=1S/C27H27N7O/c35-22-14-28-10-9-20(22)32-27-24-18(15-4-3-5-15)12-29-13-21(24)33-25(34-27)17-8-11-30-26-23(17)16-6-1-2-7-19(16)31-26/h1-2,6-8,11-13,15,20,22,28,35H,3-5,9-10,14H2,(H,30,31)(H,32,33,34). The summed E-state index contributed by atoms with van der Waals surface area (Å²) in [4.78, 5) is 22.7. The predicted molar refractivity (Wildman–Crippen MR) is 137 cm³/mol. The van der Waals surface area contributed by atoms with Gasteiger partial charge in [0, 0.05) is 46.2 Å². The number of aliphatic hydroxyl groups excluding tert-OH is 1. The maximum atomic E-state index is 10.7. The Morgan fingerprint density at radius 3 is 2.77 bits per heavy atom. The van der Waals surface area contributed by atoms with Gasteiger partial charge in [0.1, 0.15) is 11.5 Å². The van der Waals surface area contributed by atoms with Gasteiger partial charge in [-0.2, -0.15) is 0 Å². The maximum absolute atomic E-state index is 10.7. The van der Waals surface area contributed by atoms with Gasteiger partial charge in [-0.05, 0) is 49.4 Å². The molecule has 1 saturated carbocycles. The molecular weight excluding hydrogens is 438 g/mol. The summed E-state index contributed by atoms with van der Waals surface area (Å²) in [6.07, 6.45) is 9.53. The molecule has 35 heavy (non-hydrogen) atoms. The van der Waals surface area contributed by atoms with Crippen LogP contribution in [-0.4, -0.2) is 55.3 Å². The van der Waals surface area contributed by atoms with Gasteiger partial charge in [0.25, 0.3) is 0 Å². The van der Waals surface area contributed by atoms with Gasteiger partial charge in [-0.25, -0.2) is 15.0 Å². The number of aliphatic hydroxyl groups is 1. The summed E-state index contributed by atoms with van der Waals surface area (Å²) < 4.78 is 0. The van der Waals surface area contributed by atoms with Crippen LogP contribution < -0.4 is 10.6 Å². The largest absolute Gasteiger partial charge is 0.390 e. The predicted octanol–water partition coefficient (Wildman–Crippen LogP) is 4.12. The van der Waals surface area contributed by atoms with Crippen molar-refractivity contribution in [3.05, 3.63) is 54.5 Å². The number of benzene rings is 1. The molecule has 8 heteroatoms. The molecule has 8 nitrogen and oxygen atoms in total. The third-order valence-corrected chi connectivity index (χ3v) is 7.59. The zero-order chi connectivity index (χ0) is 23.4. The van der Waals surface area contributed by atoms with Crippen molar-refractivity contribution in [3.8, 4) is 11.4 Å². The van der Waals surface area contributed by atoms with E-state index in [4.69, 9.17) is 9.97 Å². The Kier molecular flexibility index (Phi) is 4.89. The van der Waals surface area contributed by atoms with E-state index < -0.39 is 6.10 Å². The van der Waals surface area contributed by atoms with Gasteiger partial charge < -0.3 is 20.7 Å². The number of nitrogens with zero attached hydrogens (tertiary/aromatic N) is 4. The first-order valence-electron chi connectivity index (χ1n) is 12.4. The lowest BCUT2D eigenvalue weighted by Crippen LogP contribution is -2.47. The fraction of sp³-hybridized carbons (Fsp3) is 0.333. The Morgan fingerprint density at radius 2 is 1.91 bits per heavy atom. The van der Waals surface area contributed by atoms with Crippen molar-refractivity contribution in [1.82, 2.24) is 30.2 Å². The minimum atomic E-state index is -0.479. The van der Waals surface area contributed by atoms with Crippen LogP contribution in [0.3, 0.4) is 0 Å². The second-order valence-corrected chi connectivity index (χ2v) is 9.71. The molecule has 1 aliphatic heterocycles. The van der Waals surface area contributed by atoms with E-state index in [9.17, 15) is 5.11 Å². The van der Waals surface area contributed by atoms with E-state index in [0.29, 0.717) is 18.3 Å². The van der Waals surface area contributed by atoms with Crippen molar-refractivity contribution in [2.45, 2.75) is 43.7 Å². The van der Waals surface area contributed by atoms with Crippen molar-refractivity contribution in [1.29, 1.82) is 0 Å². The lowest BCUT2D eigenvalue weighted by atomic mass is 9.79. The summed E-state index contributed by atoms with van der Waals surface area (Å²) in [5.74, 6) is 1.90. The molecule has 2 unspecified atom stereocenters. The molecule has 4 aromatic heterocycles. The van der Waals surface area contributed by atoms with Gasteiger partial charge in [-0.15, -0.1) is 0 Å². The van der Waals surface area contributed by atoms with Crippen LogP contribution in [0.1, 0.15) is 37.2 Å². The molecule has 2 aliphatic rings. The van der Waals surface area contributed by atoms with Crippen molar-refractivity contribution in [3.63, 3.8) is 0 Å². The van der Waals surface area contributed by atoms with Crippen LogP contribution in [0.2, 0.25) is 0 Å². The zero-order valence-electron chi connectivity index (χ0n) is 19.3. The van der Waals surface area contributed by atoms with E-state index >= 15 is 0 Å². The Hall–Kier alpha value is -3.62. The first-order valence-corrected chi connectivity index (χ1v) is 12.4. The molecule has 0 amide bonds. The van der Waals surface area contributed by atoms with Gasteiger partial charge in [0.2, 0.25) is 0 Å². The molecule has 7 rings (SSSR count). The van der Waals surface area contributed by atoms with Crippen LogP contribution >= 0.6 is 0 Å². The molecule has 0 radical (unpaired) electrons. The van der Waals surface area contributed by atoms with Crippen LogP contribution in [0.25, 0.3) is 44.2 Å². The number of β-amino-alcohol motifs (C(OH)–C–C–N with tert-alkyl or cyclic N) is 1. The SMILES string of the molecule is OC1CNCCC1Nc1nc(-c2ccnc3[nH]c4ccccc4c23)nc2cncc(C3CCC3)c12. The first kappa shape index (κ1) is 20.7. The number of piperidine rings is 1. The molecule has 5 heterocycles. The van der Waals surface area contributed by atoms with Gasteiger partial charge in [0.15, 0.2) is 5.82 Å². The lowest BCUT2D eigenvalue weighted by Gasteiger charge is -2.31. The van der Waals surface area contributed by atoms with E-state index in [1.807, 2.05) is 30.6 Å². The highest BCUT2D eigenvalue weighted by Crippen LogP contribution is 2.42. The van der Waals surface area contributed by atoms with E-state index in [1.165, 1.54) is 12.0 Å². The van der Waals surface area contributed by atoms with E-state index in [1.54, 1.807) is 6.20 Å². The zero-order valence-corrected chi connectivity index (χ0v) is 19.3. The fourth-order valence-electron chi connectivity index (χ4n) is 5.50. The highest BCUT2D eigenvalue weighted by molar-refractivity contribution is 6.12. The second-order valence-electron chi connectivity index (χ2n) is 9.71. The van der Waals surface area contributed by atoms with Crippen molar-refractivity contribution >= 4 is 38.7 Å². The van der Waals surface area contributed by atoms with Crippen LogP contribution in [0.5, 0.6) is 0 Å². The summed E-state index contributed by atoms with van der Waals surface area (Å²) in [5, 5.41) is 20.7. The van der Waals surface area contributed by atoms with Crippen molar-refractivity contribution in [2.24, 2.45) is 0 Å². The van der Waals surface area contributed by atoms with Crippen LogP contribution in [-0.2, 0) is 0 Å². The van der Waals surface area contributed by atoms with Gasteiger partial charge in [-0.1, -0.05) is 24.6 Å². The molecule has 1 saturated heterocycles.